The predicted octanol–water partition coefficient (Wildman–Crippen LogP) is 4.45. The van der Waals surface area contributed by atoms with E-state index in [0.29, 0.717) is 5.56 Å². The molecule has 2 rings (SSSR count). The monoisotopic (exact) mass is 262 g/mol. The average molecular weight is 263 g/mol. The standard InChI is InChI=1S/C13H11ClN2S/c1-9(11-6-13(14)17-8-11)16-12-5-3-2-4-10(12)7-15/h2-6,8-9,16H,1H3. The molecule has 1 heterocycles. The van der Waals surface area contributed by atoms with Crippen molar-refractivity contribution in [3.8, 4) is 6.07 Å². The fourth-order valence-corrected chi connectivity index (χ4v) is 2.56. The third-order valence-electron chi connectivity index (χ3n) is 2.51. The molecule has 0 amide bonds. The number of nitrogens with one attached hydrogen (secondary N) is 1. The second-order valence-corrected chi connectivity index (χ2v) is 5.25. The van der Waals surface area contributed by atoms with Crippen LogP contribution in [0, 0.1) is 11.3 Å². The van der Waals surface area contributed by atoms with Crippen molar-refractivity contribution in [2.75, 3.05) is 5.32 Å². The Kier molecular flexibility index (Phi) is 3.68. The maximum atomic E-state index is 9.00. The Labute approximate surface area is 109 Å². The Morgan fingerprint density at radius 3 is 2.82 bits per heavy atom. The van der Waals surface area contributed by atoms with Gasteiger partial charge in [0.2, 0.25) is 0 Å². The number of halogens is 1. The van der Waals surface area contributed by atoms with Crippen LogP contribution in [0.3, 0.4) is 0 Å². The molecule has 1 aromatic heterocycles. The summed E-state index contributed by atoms with van der Waals surface area (Å²) in [4.78, 5) is 0. The number of nitriles is 1. The first-order valence-corrected chi connectivity index (χ1v) is 6.46. The largest absolute Gasteiger partial charge is 0.377 e. The molecule has 1 N–H and O–H groups in total. The van der Waals surface area contributed by atoms with Gasteiger partial charge >= 0.3 is 0 Å². The summed E-state index contributed by atoms with van der Waals surface area (Å²) >= 11 is 7.42. The quantitative estimate of drug-likeness (QED) is 0.887. The molecule has 86 valence electrons. The van der Waals surface area contributed by atoms with Crippen molar-refractivity contribution in [2.45, 2.75) is 13.0 Å². The van der Waals surface area contributed by atoms with E-state index in [1.165, 1.54) is 11.3 Å². The van der Waals surface area contributed by atoms with Gasteiger partial charge in [-0.3, -0.25) is 0 Å². The number of para-hydroxylation sites is 1. The summed E-state index contributed by atoms with van der Waals surface area (Å²) in [5.41, 5.74) is 2.64. The van der Waals surface area contributed by atoms with Gasteiger partial charge in [-0.15, -0.1) is 11.3 Å². The molecule has 0 fully saturated rings. The highest BCUT2D eigenvalue weighted by Crippen LogP contribution is 2.27. The maximum absolute atomic E-state index is 9.00. The van der Waals surface area contributed by atoms with Crippen LogP contribution in [0.4, 0.5) is 5.69 Å². The van der Waals surface area contributed by atoms with Crippen molar-refractivity contribution in [1.82, 2.24) is 0 Å². The Balaban J connectivity index is 2.19. The third kappa shape index (κ3) is 2.79. The highest BCUT2D eigenvalue weighted by atomic mass is 35.5. The minimum Gasteiger partial charge on any atom is -0.377 e. The van der Waals surface area contributed by atoms with Crippen LogP contribution in [0.1, 0.15) is 24.1 Å². The zero-order valence-corrected chi connectivity index (χ0v) is 10.8. The van der Waals surface area contributed by atoms with E-state index in [-0.39, 0.29) is 6.04 Å². The molecule has 0 saturated carbocycles. The van der Waals surface area contributed by atoms with E-state index >= 15 is 0 Å². The van der Waals surface area contributed by atoms with Crippen molar-refractivity contribution in [3.05, 3.63) is 51.2 Å². The minimum absolute atomic E-state index is 0.133. The molecule has 0 radical (unpaired) electrons. The lowest BCUT2D eigenvalue weighted by molar-refractivity contribution is 0.890. The summed E-state index contributed by atoms with van der Waals surface area (Å²) in [5.74, 6) is 0. The van der Waals surface area contributed by atoms with Crippen molar-refractivity contribution < 1.29 is 0 Å². The van der Waals surface area contributed by atoms with Gasteiger partial charge in [0.1, 0.15) is 6.07 Å². The number of hydrogen-bond acceptors (Lipinski definition) is 3. The van der Waals surface area contributed by atoms with E-state index in [0.717, 1.165) is 15.6 Å². The molecule has 2 nitrogen and oxygen atoms in total. The molecule has 1 unspecified atom stereocenters. The average Bonchev–Trinajstić information content (AvgIpc) is 2.77. The Morgan fingerprint density at radius 2 is 2.18 bits per heavy atom. The number of nitrogens with zero attached hydrogens (tertiary/aromatic N) is 1. The van der Waals surface area contributed by atoms with Gasteiger partial charge in [-0.25, -0.2) is 0 Å². The van der Waals surface area contributed by atoms with E-state index in [4.69, 9.17) is 16.9 Å². The summed E-state index contributed by atoms with van der Waals surface area (Å²) in [6, 6.07) is 11.7. The van der Waals surface area contributed by atoms with Gasteiger partial charge in [-0.2, -0.15) is 5.26 Å². The van der Waals surface area contributed by atoms with Crippen molar-refractivity contribution in [2.24, 2.45) is 0 Å². The van der Waals surface area contributed by atoms with Crippen LogP contribution in [-0.4, -0.2) is 0 Å². The van der Waals surface area contributed by atoms with E-state index in [2.05, 4.69) is 11.4 Å². The van der Waals surface area contributed by atoms with Gasteiger partial charge in [-0.05, 0) is 36.1 Å². The molecule has 4 heteroatoms. The molecule has 0 aliphatic carbocycles. The van der Waals surface area contributed by atoms with Crippen molar-refractivity contribution in [3.63, 3.8) is 0 Å². The molecule has 0 spiro atoms. The molecule has 0 aliphatic heterocycles. The van der Waals surface area contributed by atoms with Crippen molar-refractivity contribution >= 4 is 28.6 Å². The summed E-state index contributed by atoms with van der Waals surface area (Å²) in [7, 11) is 0. The van der Waals surface area contributed by atoms with E-state index < -0.39 is 0 Å². The second kappa shape index (κ2) is 5.22. The third-order valence-corrected chi connectivity index (χ3v) is 3.62. The zero-order valence-electron chi connectivity index (χ0n) is 9.27. The highest BCUT2D eigenvalue weighted by Gasteiger charge is 2.09. The first kappa shape index (κ1) is 12.0. The van der Waals surface area contributed by atoms with Crippen LogP contribution < -0.4 is 5.32 Å². The molecule has 1 atom stereocenters. The molecule has 0 saturated heterocycles. The molecule has 1 aromatic carbocycles. The van der Waals surface area contributed by atoms with Crippen LogP contribution in [-0.2, 0) is 0 Å². The number of rotatable bonds is 3. The first-order valence-electron chi connectivity index (χ1n) is 5.20. The van der Waals surface area contributed by atoms with Crippen LogP contribution in [0.15, 0.2) is 35.7 Å². The van der Waals surface area contributed by atoms with E-state index in [9.17, 15) is 0 Å². The lowest BCUT2D eigenvalue weighted by Gasteiger charge is -2.14. The summed E-state index contributed by atoms with van der Waals surface area (Å²) in [6.07, 6.45) is 0. The van der Waals surface area contributed by atoms with Gasteiger partial charge < -0.3 is 5.32 Å². The predicted molar refractivity (Wildman–Crippen MR) is 72.5 cm³/mol. The van der Waals surface area contributed by atoms with E-state index in [1.807, 2.05) is 36.6 Å². The fourth-order valence-electron chi connectivity index (χ4n) is 1.57. The fraction of sp³-hybridized carbons (Fsp3) is 0.154. The van der Waals surface area contributed by atoms with Crippen LogP contribution in [0.25, 0.3) is 0 Å². The van der Waals surface area contributed by atoms with Gasteiger partial charge in [-0.1, -0.05) is 23.7 Å². The van der Waals surface area contributed by atoms with Gasteiger partial charge in [0, 0.05) is 6.04 Å². The van der Waals surface area contributed by atoms with Gasteiger partial charge in [0.15, 0.2) is 0 Å². The first-order chi connectivity index (χ1) is 8.20. The summed E-state index contributed by atoms with van der Waals surface area (Å²) in [5, 5.41) is 14.3. The van der Waals surface area contributed by atoms with Crippen molar-refractivity contribution in [1.29, 1.82) is 5.26 Å². The molecular formula is C13H11ClN2S. The van der Waals surface area contributed by atoms with Crippen LogP contribution >= 0.6 is 22.9 Å². The number of thiophene rings is 1. The summed E-state index contributed by atoms with van der Waals surface area (Å²) < 4.78 is 0.780. The molecule has 2 aromatic rings. The Morgan fingerprint density at radius 1 is 1.41 bits per heavy atom. The lowest BCUT2D eigenvalue weighted by atomic mass is 10.1. The normalized spacial score (nSPS) is 11.8. The maximum Gasteiger partial charge on any atom is 0.101 e. The van der Waals surface area contributed by atoms with Gasteiger partial charge in [0.25, 0.3) is 0 Å². The Bertz CT molecular complexity index is 557. The summed E-state index contributed by atoms with van der Waals surface area (Å²) in [6.45, 7) is 2.05. The molecule has 0 aliphatic rings. The molecular weight excluding hydrogens is 252 g/mol. The molecule has 17 heavy (non-hydrogen) atoms. The SMILES string of the molecule is CC(Nc1ccccc1C#N)c1csc(Cl)c1. The topological polar surface area (TPSA) is 35.8 Å². The van der Waals surface area contributed by atoms with Crippen LogP contribution in [0.2, 0.25) is 4.34 Å². The smallest absolute Gasteiger partial charge is 0.101 e. The number of anilines is 1. The highest BCUT2D eigenvalue weighted by molar-refractivity contribution is 7.14. The lowest BCUT2D eigenvalue weighted by Crippen LogP contribution is -2.06. The molecule has 0 bridgehead atoms. The number of benzene rings is 1. The number of hydrogen-bond donors (Lipinski definition) is 1. The van der Waals surface area contributed by atoms with Gasteiger partial charge in [0.05, 0.1) is 15.6 Å². The Hall–Kier alpha value is -1.50. The second-order valence-electron chi connectivity index (χ2n) is 3.71. The van der Waals surface area contributed by atoms with E-state index in [1.54, 1.807) is 6.07 Å². The van der Waals surface area contributed by atoms with Crippen LogP contribution in [0.5, 0.6) is 0 Å². The zero-order chi connectivity index (χ0) is 12.3. The minimum atomic E-state index is 0.133.